The van der Waals surface area contributed by atoms with Gasteiger partial charge in [-0.3, -0.25) is 5.10 Å². The van der Waals surface area contributed by atoms with Crippen molar-refractivity contribution in [2.45, 2.75) is 12.6 Å². The summed E-state index contributed by atoms with van der Waals surface area (Å²) < 4.78 is 42.5. The number of rotatable bonds is 4. The van der Waals surface area contributed by atoms with Gasteiger partial charge in [-0.25, -0.2) is 4.79 Å². The first-order valence-corrected chi connectivity index (χ1v) is 9.65. The van der Waals surface area contributed by atoms with Gasteiger partial charge in [-0.15, -0.1) is 0 Å². The van der Waals surface area contributed by atoms with E-state index in [1.807, 2.05) is 18.2 Å². The van der Waals surface area contributed by atoms with Gasteiger partial charge in [0.1, 0.15) is 0 Å². The van der Waals surface area contributed by atoms with Crippen LogP contribution in [0.3, 0.4) is 0 Å². The van der Waals surface area contributed by atoms with Gasteiger partial charge in [-0.1, -0.05) is 23.2 Å². The summed E-state index contributed by atoms with van der Waals surface area (Å²) >= 11 is 12.2. The van der Waals surface area contributed by atoms with E-state index in [1.165, 1.54) is 0 Å². The number of nitrogens with zero attached hydrogens (tertiary/aromatic N) is 1. The van der Waals surface area contributed by atoms with Crippen molar-refractivity contribution in [3.8, 4) is 22.8 Å². The first kappa shape index (κ1) is 23.6. The summed E-state index contributed by atoms with van der Waals surface area (Å²) in [6.07, 6.45) is -4.34. The normalized spacial score (nSPS) is 11.7. The minimum absolute atomic E-state index is 0.545. The van der Waals surface area contributed by atoms with Crippen LogP contribution in [-0.4, -0.2) is 41.7 Å². The van der Waals surface area contributed by atoms with Crippen molar-refractivity contribution in [2.75, 3.05) is 19.5 Å². The Morgan fingerprint density at radius 2 is 1.78 bits per heavy atom. The number of hydrogen-bond acceptors (Lipinski definition) is 5. The molecule has 1 aromatic heterocycles. The number of anilines is 2. The van der Waals surface area contributed by atoms with Crippen molar-refractivity contribution >= 4 is 40.7 Å². The molecule has 4 rings (SSSR count). The van der Waals surface area contributed by atoms with Gasteiger partial charge in [0.15, 0.2) is 17.3 Å². The molecule has 0 saturated heterocycles. The molecule has 0 saturated carbocycles. The van der Waals surface area contributed by atoms with Crippen LogP contribution in [0.4, 0.5) is 24.7 Å². The maximum atomic E-state index is 10.6. The van der Waals surface area contributed by atoms with E-state index < -0.39 is 12.1 Å². The SMILES string of the molecule is COc1cc2c(cc1OC)-c1[nH]nc(Nc3ccc(Cl)cc3Cl)c1C2.O=C(O)C(F)(F)F. The Kier molecular flexibility index (Phi) is 6.75. The van der Waals surface area contributed by atoms with Crippen LogP contribution in [0.5, 0.6) is 11.5 Å². The molecule has 3 N–H and O–H groups in total. The zero-order valence-electron chi connectivity index (χ0n) is 16.6. The van der Waals surface area contributed by atoms with Crippen LogP contribution in [0.15, 0.2) is 30.3 Å². The fourth-order valence-corrected chi connectivity index (χ4v) is 3.53. The highest BCUT2D eigenvalue weighted by atomic mass is 35.5. The van der Waals surface area contributed by atoms with E-state index in [0.29, 0.717) is 15.8 Å². The standard InChI is InChI=1S/C18H15Cl2N3O2.C2HF3O2/c1-24-15-6-9-5-12-17(11(9)8-16(15)25-2)22-23-18(12)21-14-4-3-10(19)7-13(14)20;3-2(4,5)1(6)7/h3-4,6-8H,5H2,1-2H3,(H2,21,22,23);(H,6,7). The monoisotopic (exact) mass is 489 g/mol. The number of aromatic nitrogens is 2. The second-order valence-corrected chi connectivity index (χ2v) is 7.36. The lowest BCUT2D eigenvalue weighted by Gasteiger charge is -2.10. The van der Waals surface area contributed by atoms with Crippen LogP contribution < -0.4 is 14.8 Å². The Morgan fingerprint density at radius 1 is 1.16 bits per heavy atom. The molecule has 0 spiro atoms. The van der Waals surface area contributed by atoms with E-state index >= 15 is 0 Å². The number of carboxylic acids is 1. The molecule has 12 heteroatoms. The minimum atomic E-state index is -5.08. The number of H-pyrrole nitrogens is 1. The number of aliphatic carboxylic acids is 1. The van der Waals surface area contributed by atoms with E-state index in [4.69, 9.17) is 42.6 Å². The van der Waals surface area contributed by atoms with Crippen molar-refractivity contribution in [1.29, 1.82) is 0 Å². The molecule has 0 fully saturated rings. The van der Waals surface area contributed by atoms with Gasteiger partial charge in [0.25, 0.3) is 0 Å². The summed E-state index contributed by atoms with van der Waals surface area (Å²) in [5.74, 6) is -0.602. The zero-order valence-corrected chi connectivity index (χ0v) is 18.1. The number of ether oxygens (including phenoxy) is 2. The van der Waals surface area contributed by atoms with Gasteiger partial charge in [0.2, 0.25) is 0 Å². The number of halogens is 5. The number of benzene rings is 2. The number of aromatic amines is 1. The van der Waals surface area contributed by atoms with Gasteiger partial charge in [-0.05, 0) is 35.9 Å². The summed E-state index contributed by atoms with van der Waals surface area (Å²) in [6, 6.07) is 9.29. The molecule has 170 valence electrons. The Bertz CT molecular complexity index is 1170. The molecule has 2 aromatic carbocycles. The topological polar surface area (TPSA) is 96.5 Å². The molecule has 3 aromatic rings. The highest BCUT2D eigenvalue weighted by Crippen LogP contribution is 2.44. The van der Waals surface area contributed by atoms with Crippen LogP contribution in [0.25, 0.3) is 11.3 Å². The summed E-state index contributed by atoms with van der Waals surface area (Å²) in [7, 11) is 3.26. The fourth-order valence-electron chi connectivity index (χ4n) is 3.07. The number of fused-ring (bicyclic) bond motifs is 3. The molecule has 0 bridgehead atoms. The molecule has 1 aliphatic carbocycles. The van der Waals surface area contributed by atoms with E-state index in [-0.39, 0.29) is 0 Å². The summed E-state index contributed by atoms with van der Waals surface area (Å²) in [5, 5.41) is 19.0. The second-order valence-electron chi connectivity index (χ2n) is 6.52. The number of methoxy groups -OCH3 is 2. The number of carboxylic acid groups (broad SMARTS) is 1. The third-order valence-electron chi connectivity index (χ3n) is 4.54. The summed E-state index contributed by atoms with van der Waals surface area (Å²) in [6.45, 7) is 0. The average Bonchev–Trinajstić information content (AvgIpc) is 3.27. The number of nitrogens with one attached hydrogen (secondary N) is 2. The van der Waals surface area contributed by atoms with E-state index in [0.717, 1.165) is 46.1 Å². The van der Waals surface area contributed by atoms with Crippen molar-refractivity contribution in [3.63, 3.8) is 0 Å². The van der Waals surface area contributed by atoms with Crippen LogP contribution in [0, 0.1) is 0 Å². The first-order chi connectivity index (χ1) is 15.0. The Balaban J connectivity index is 0.000000360. The lowest BCUT2D eigenvalue weighted by molar-refractivity contribution is -0.192. The lowest BCUT2D eigenvalue weighted by Crippen LogP contribution is -2.21. The molecule has 0 amide bonds. The number of alkyl halides is 3. The summed E-state index contributed by atoms with van der Waals surface area (Å²) in [5.41, 5.74) is 5.04. The Hall–Kier alpha value is -3.11. The molecular weight excluding hydrogens is 474 g/mol. The Morgan fingerprint density at radius 3 is 2.34 bits per heavy atom. The van der Waals surface area contributed by atoms with E-state index in [2.05, 4.69) is 15.5 Å². The highest BCUT2D eigenvalue weighted by Gasteiger charge is 2.38. The van der Waals surface area contributed by atoms with Crippen LogP contribution >= 0.6 is 23.2 Å². The predicted molar refractivity (Wildman–Crippen MR) is 113 cm³/mol. The minimum Gasteiger partial charge on any atom is -0.493 e. The smallest absolute Gasteiger partial charge is 0.490 e. The predicted octanol–water partition coefficient (Wildman–Crippen LogP) is 5.68. The van der Waals surface area contributed by atoms with Crippen LogP contribution in [-0.2, 0) is 11.2 Å². The molecule has 32 heavy (non-hydrogen) atoms. The molecule has 0 aliphatic heterocycles. The van der Waals surface area contributed by atoms with Gasteiger partial charge in [0.05, 0.1) is 30.6 Å². The van der Waals surface area contributed by atoms with Crippen molar-refractivity contribution in [3.05, 3.63) is 51.5 Å². The number of hydrogen-bond donors (Lipinski definition) is 3. The third-order valence-corrected chi connectivity index (χ3v) is 5.09. The largest absolute Gasteiger partial charge is 0.493 e. The lowest BCUT2D eigenvalue weighted by atomic mass is 10.1. The molecule has 7 nitrogen and oxygen atoms in total. The third kappa shape index (κ3) is 4.86. The van der Waals surface area contributed by atoms with Gasteiger partial charge in [-0.2, -0.15) is 18.3 Å². The second kappa shape index (κ2) is 9.17. The van der Waals surface area contributed by atoms with E-state index in [1.54, 1.807) is 26.4 Å². The van der Waals surface area contributed by atoms with Crippen LogP contribution in [0.2, 0.25) is 10.0 Å². The van der Waals surface area contributed by atoms with Crippen LogP contribution in [0.1, 0.15) is 11.1 Å². The fraction of sp³-hybridized carbons (Fsp3) is 0.200. The first-order valence-electron chi connectivity index (χ1n) is 8.89. The van der Waals surface area contributed by atoms with Gasteiger partial charge < -0.3 is 19.9 Å². The van der Waals surface area contributed by atoms with Crippen molar-refractivity contribution in [1.82, 2.24) is 10.2 Å². The maximum absolute atomic E-state index is 10.6. The number of carbonyl (C=O) groups is 1. The van der Waals surface area contributed by atoms with Gasteiger partial charge in [0, 0.05) is 22.6 Å². The molecule has 0 radical (unpaired) electrons. The molecule has 1 aliphatic rings. The molecule has 0 atom stereocenters. The summed E-state index contributed by atoms with van der Waals surface area (Å²) in [4.78, 5) is 8.90. The molecule has 0 unspecified atom stereocenters. The Labute approximate surface area is 190 Å². The average molecular weight is 490 g/mol. The highest BCUT2D eigenvalue weighted by molar-refractivity contribution is 6.36. The quantitative estimate of drug-likeness (QED) is 0.341. The van der Waals surface area contributed by atoms with Crippen molar-refractivity contribution in [2.24, 2.45) is 0 Å². The van der Waals surface area contributed by atoms with Crippen molar-refractivity contribution < 1.29 is 32.5 Å². The molecule has 1 heterocycles. The maximum Gasteiger partial charge on any atom is 0.490 e. The van der Waals surface area contributed by atoms with E-state index in [9.17, 15) is 13.2 Å². The molecular formula is C20H16Cl2F3N3O4. The zero-order chi connectivity index (χ0) is 23.6. The van der Waals surface area contributed by atoms with Gasteiger partial charge >= 0.3 is 12.1 Å².